The molecule has 0 unspecified atom stereocenters. The number of aliphatic hydroxyl groups excluding tert-OH is 1. The summed E-state index contributed by atoms with van der Waals surface area (Å²) in [6.07, 6.45) is 0.234. The lowest BCUT2D eigenvalue weighted by molar-refractivity contribution is -0.129. The molecule has 0 aliphatic carbocycles. The van der Waals surface area contributed by atoms with E-state index < -0.39 is 5.82 Å². The van der Waals surface area contributed by atoms with E-state index in [9.17, 15) is 9.18 Å². The maximum atomic E-state index is 13.1. The first-order valence-electron chi connectivity index (χ1n) is 5.26. The van der Waals surface area contributed by atoms with Gasteiger partial charge < -0.3 is 14.7 Å². The molecule has 0 radical (unpaired) electrons. The summed E-state index contributed by atoms with van der Waals surface area (Å²) in [4.78, 5) is 12.7. The average Bonchev–Trinajstić information content (AvgIpc) is 2.27. The normalized spacial score (nSPS) is 10.1. The van der Waals surface area contributed by atoms with Crippen LogP contribution >= 0.6 is 0 Å². The van der Waals surface area contributed by atoms with Gasteiger partial charge in [0.15, 0.2) is 0 Å². The molecule has 1 aromatic rings. The van der Waals surface area contributed by atoms with Crippen molar-refractivity contribution in [2.75, 3.05) is 20.7 Å². The number of carbonyl (C=O) groups excluding carboxylic acids is 1. The van der Waals surface area contributed by atoms with E-state index in [1.54, 1.807) is 20.2 Å². The lowest BCUT2D eigenvalue weighted by Crippen LogP contribution is -2.23. The van der Waals surface area contributed by atoms with Gasteiger partial charge in [0.05, 0.1) is 19.6 Å². The summed E-state index contributed by atoms with van der Waals surface area (Å²) in [7, 11) is 3.32. The van der Waals surface area contributed by atoms with Crippen molar-refractivity contribution in [1.29, 1.82) is 0 Å². The van der Waals surface area contributed by atoms with E-state index in [2.05, 4.69) is 0 Å². The molecule has 0 heterocycles. The topological polar surface area (TPSA) is 49.8 Å². The minimum Gasteiger partial charge on any atom is -0.493 e. The summed E-state index contributed by atoms with van der Waals surface area (Å²) in [5.74, 6) is -0.199. The predicted octanol–water partition coefficient (Wildman–Crippen LogP) is 1.18. The van der Waals surface area contributed by atoms with Crippen LogP contribution in [0.1, 0.15) is 12.0 Å². The Morgan fingerprint density at radius 3 is 2.71 bits per heavy atom. The van der Waals surface area contributed by atoms with E-state index in [1.165, 1.54) is 17.0 Å². The van der Waals surface area contributed by atoms with Gasteiger partial charge in [0.1, 0.15) is 11.6 Å². The maximum Gasteiger partial charge on any atom is 0.225 e. The van der Waals surface area contributed by atoms with Crippen molar-refractivity contribution in [1.82, 2.24) is 4.90 Å². The maximum absolute atomic E-state index is 13.1. The molecule has 5 heteroatoms. The quantitative estimate of drug-likeness (QED) is 0.842. The highest BCUT2D eigenvalue weighted by Crippen LogP contribution is 2.16. The van der Waals surface area contributed by atoms with Gasteiger partial charge in [-0.3, -0.25) is 4.79 Å². The van der Waals surface area contributed by atoms with Crippen LogP contribution in [-0.4, -0.2) is 36.6 Å². The second-order valence-corrected chi connectivity index (χ2v) is 3.84. The van der Waals surface area contributed by atoms with Crippen LogP contribution in [0, 0.1) is 5.82 Å². The van der Waals surface area contributed by atoms with E-state index in [1.807, 2.05) is 0 Å². The summed E-state index contributed by atoms with van der Waals surface area (Å²) in [5, 5.41) is 8.89. The number of aliphatic hydroxyl groups is 1. The summed E-state index contributed by atoms with van der Waals surface area (Å²) >= 11 is 0. The standard InChI is InChI=1S/C12H16FNO3/c1-14(2)12(16)3-4-17-11-6-9(8-15)5-10(13)7-11/h5-7,15H,3-4,8H2,1-2H3. The zero-order valence-electron chi connectivity index (χ0n) is 9.94. The molecule has 0 saturated heterocycles. The highest BCUT2D eigenvalue weighted by Gasteiger charge is 2.05. The first-order valence-corrected chi connectivity index (χ1v) is 5.26. The van der Waals surface area contributed by atoms with Gasteiger partial charge in [-0.25, -0.2) is 4.39 Å². The third-order valence-electron chi connectivity index (χ3n) is 2.20. The highest BCUT2D eigenvalue weighted by molar-refractivity contribution is 5.75. The van der Waals surface area contributed by atoms with Crippen molar-refractivity contribution in [2.24, 2.45) is 0 Å². The van der Waals surface area contributed by atoms with Crippen LogP contribution in [0.15, 0.2) is 18.2 Å². The van der Waals surface area contributed by atoms with Gasteiger partial charge in [0.2, 0.25) is 5.91 Å². The molecule has 0 aliphatic rings. The summed E-state index contributed by atoms with van der Waals surface area (Å²) in [6, 6.07) is 4.00. The minimum atomic E-state index is -0.467. The number of rotatable bonds is 5. The first-order chi connectivity index (χ1) is 8.02. The van der Waals surface area contributed by atoms with Gasteiger partial charge in [-0.05, 0) is 17.7 Å². The van der Waals surface area contributed by atoms with Gasteiger partial charge in [-0.1, -0.05) is 0 Å². The Hall–Kier alpha value is -1.62. The van der Waals surface area contributed by atoms with Crippen molar-refractivity contribution < 1.29 is 19.0 Å². The molecule has 0 atom stereocenters. The van der Waals surface area contributed by atoms with Crippen molar-refractivity contribution >= 4 is 5.91 Å². The molecular weight excluding hydrogens is 225 g/mol. The van der Waals surface area contributed by atoms with Crippen LogP contribution in [0.4, 0.5) is 4.39 Å². The Kier molecular flexibility index (Phi) is 4.90. The van der Waals surface area contributed by atoms with E-state index in [4.69, 9.17) is 9.84 Å². The number of halogens is 1. The van der Waals surface area contributed by atoms with E-state index in [-0.39, 0.29) is 25.5 Å². The van der Waals surface area contributed by atoms with Crippen molar-refractivity contribution in [3.63, 3.8) is 0 Å². The Labute approximate surface area is 99.6 Å². The third-order valence-corrected chi connectivity index (χ3v) is 2.20. The molecular formula is C12H16FNO3. The monoisotopic (exact) mass is 241 g/mol. The zero-order chi connectivity index (χ0) is 12.8. The first kappa shape index (κ1) is 13.4. The molecule has 0 bridgehead atoms. The molecule has 0 fully saturated rings. The molecule has 0 spiro atoms. The minimum absolute atomic E-state index is 0.0521. The predicted molar refractivity (Wildman–Crippen MR) is 61.1 cm³/mol. The summed E-state index contributed by atoms with van der Waals surface area (Å²) < 4.78 is 18.3. The Morgan fingerprint density at radius 1 is 1.41 bits per heavy atom. The fraction of sp³-hybridized carbons (Fsp3) is 0.417. The van der Waals surface area contributed by atoms with Crippen molar-refractivity contribution in [3.8, 4) is 5.75 Å². The lowest BCUT2D eigenvalue weighted by atomic mass is 10.2. The number of hydrogen-bond acceptors (Lipinski definition) is 3. The van der Waals surface area contributed by atoms with Crippen molar-refractivity contribution in [2.45, 2.75) is 13.0 Å². The highest BCUT2D eigenvalue weighted by atomic mass is 19.1. The number of hydrogen-bond donors (Lipinski definition) is 1. The smallest absolute Gasteiger partial charge is 0.225 e. The second kappa shape index (κ2) is 6.20. The SMILES string of the molecule is CN(C)C(=O)CCOc1cc(F)cc(CO)c1. The van der Waals surface area contributed by atoms with Crippen LogP contribution in [0.5, 0.6) is 5.75 Å². The molecule has 0 saturated carbocycles. The van der Waals surface area contributed by atoms with Gasteiger partial charge in [0.25, 0.3) is 0 Å². The van der Waals surface area contributed by atoms with Gasteiger partial charge in [-0.15, -0.1) is 0 Å². The Bertz CT molecular complexity index is 393. The second-order valence-electron chi connectivity index (χ2n) is 3.84. The van der Waals surface area contributed by atoms with E-state index >= 15 is 0 Å². The van der Waals surface area contributed by atoms with Gasteiger partial charge >= 0.3 is 0 Å². The fourth-order valence-corrected chi connectivity index (χ4v) is 1.28. The van der Waals surface area contributed by atoms with Crippen LogP contribution in [0.2, 0.25) is 0 Å². The number of amides is 1. The molecule has 94 valence electrons. The molecule has 1 aromatic carbocycles. The molecule has 17 heavy (non-hydrogen) atoms. The zero-order valence-corrected chi connectivity index (χ0v) is 9.94. The number of nitrogens with zero attached hydrogens (tertiary/aromatic N) is 1. The molecule has 4 nitrogen and oxygen atoms in total. The molecule has 0 aromatic heterocycles. The third kappa shape index (κ3) is 4.40. The Balaban J connectivity index is 2.52. The van der Waals surface area contributed by atoms with E-state index in [0.717, 1.165) is 0 Å². The number of carbonyl (C=O) groups is 1. The molecule has 1 amide bonds. The van der Waals surface area contributed by atoms with Crippen LogP contribution in [0.3, 0.4) is 0 Å². The average molecular weight is 241 g/mol. The van der Waals surface area contributed by atoms with Crippen LogP contribution in [-0.2, 0) is 11.4 Å². The molecule has 0 aliphatic heterocycles. The number of ether oxygens (including phenoxy) is 1. The lowest BCUT2D eigenvalue weighted by Gasteiger charge is -2.11. The largest absolute Gasteiger partial charge is 0.493 e. The van der Waals surface area contributed by atoms with Crippen LogP contribution < -0.4 is 4.74 Å². The van der Waals surface area contributed by atoms with Gasteiger partial charge in [-0.2, -0.15) is 0 Å². The molecule has 1 rings (SSSR count). The number of benzene rings is 1. The summed E-state index contributed by atoms with van der Waals surface area (Å²) in [5.41, 5.74) is 0.443. The van der Waals surface area contributed by atoms with Crippen molar-refractivity contribution in [3.05, 3.63) is 29.6 Å². The molecule has 1 N–H and O–H groups in total. The van der Waals surface area contributed by atoms with E-state index in [0.29, 0.717) is 11.3 Å². The van der Waals surface area contributed by atoms with Gasteiger partial charge in [0, 0.05) is 20.2 Å². The Morgan fingerprint density at radius 2 is 2.12 bits per heavy atom. The van der Waals surface area contributed by atoms with Crippen LogP contribution in [0.25, 0.3) is 0 Å². The summed E-state index contributed by atoms with van der Waals surface area (Å²) in [6.45, 7) is -0.0594. The fourth-order valence-electron chi connectivity index (χ4n) is 1.28.